The first kappa shape index (κ1) is 17.7. The van der Waals surface area contributed by atoms with E-state index in [0.29, 0.717) is 11.7 Å². The maximum absolute atomic E-state index is 11.1. The molecule has 1 heterocycles. The van der Waals surface area contributed by atoms with Gasteiger partial charge in [0.1, 0.15) is 0 Å². The van der Waals surface area contributed by atoms with Gasteiger partial charge in [-0.1, -0.05) is 23.7 Å². The first-order chi connectivity index (χ1) is 11.7. The van der Waals surface area contributed by atoms with Crippen LogP contribution >= 0.6 is 0 Å². The third kappa shape index (κ3) is 6.24. The van der Waals surface area contributed by atoms with Crippen molar-refractivity contribution < 1.29 is 14.1 Å². The van der Waals surface area contributed by atoms with Crippen LogP contribution in [0.2, 0.25) is 0 Å². The lowest BCUT2D eigenvalue weighted by atomic mass is 10.1. The molecule has 0 spiro atoms. The van der Waals surface area contributed by atoms with E-state index in [1.807, 2.05) is 31.2 Å². The lowest BCUT2D eigenvalue weighted by Gasteiger charge is -2.06. The normalized spacial score (nSPS) is 10.9. The van der Waals surface area contributed by atoms with Crippen molar-refractivity contribution in [3.05, 3.63) is 47.6 Å². The number of rotatable bonds is 9. The molecule has 24 heavy (non-hydrogen) atoms. The Morgan fingerprint density at radius 3 is 2.96 bits per heavy atom. The number of anilines is 1. The first-order valence-corrected chi connectivity index (χ1v) is 8.06. The second-order valence-electron chi connectivity index (χ2n) is 5.45. The third-order valence-corrected chi connectivity index (χ3v) is 3.47. The summed E-state index contributed by atoms with van der Waals surface area (Å²) in [4.78, 5) is 15.3. The molecule has 6 nitrogen and oxygen atoms in total. The number of carbonyl (C=O) groups is 1. The number of unbranched alkanes of at least 4 members (excludes halogenated alkanes) is 2. The third-order valence-electron chi connectivity index (χ3n) is 3.47. The minimum atomic E-state index is -0.357. The van der Waals surface area contributed by atoms with Crippen LogP contribution in [0.4, 0.5) is 5.69 Å². The maximum Gasteiger partial charge on any atom is 0.330 e. The Balaban J connectivity index is 1.66. The molecule has 0 aliphatic heterocycles. The summed E-state index contributed by atoms with van der Waals surface area (Å²) in [5.74, 6) is 1.04. The van der Waals surface area contributed by atoms with Gasteiger partial charge in [-0.05, 0) is 43.5 Å². The number of ether oxygens (including phenoxy) is 1. The molecule has 0 aliphatic carbocycles. The van der Waals surface area contributed by atoms with E-state index in [0.717, 1.165) is 43.5 Å². The fourth-order valence-corrected chi connectivity index (χ4v) is 2.24. The predicted molar refractivity (Wildman–Crippen MR) is 92.6 cm³/mol. The zero-order chi connectivity index (χ0) is 17.2. The molecule has 0 saturated carbocycles. The summed E-state index contributed by atoms with van der Waals surface area (Å²) >= 11 is 0. The number of aryl methyl sites for hydroxylation is 2. The summed E-state index contributed by atoms with van der Waals surface area (Å²) in [6.07, 6.45) is 7.17. The van der Waals surface area contributed by atoms with Gasteiger partial charge in [0, 0.05) is 24.7 Å². The lowest BCUT2D eigenvalue weighted by Crippen LogP contribution is -2.01. The van der Waals surface area contributed by atoms with E-state index in [2.05, 4.69) is 20.2 Å². The van der Waals surface area contributed by atoms with Gasteiger partial charge in [-0.25, -0.2) is 4.79 Å². The molecule has 0 amide bonds. The first-order valence-electron chi connectivity index (χ1n) is 8.06. The maximum atomic E-state index is 11.1. The predicted octanol–water partition coefficient (Wildman–Crippen LogP) is 3.39. The van der Waals surface area contributed by atoms with Crippen LogP contribution in [0.1, 0.15) is 36.5 Å². The van der Waals surface area contributed by atoms with Crippen molar-refractivity contribution in [3.63, 3.8) is 0 Å². The van der Waals surface area contributed by atoms with Crippen LogP contribution in [0, 0.1) is 6.92 Å². The monoisotopic (exact) mass is 329 g/mol. The van der Waals surface area contributed by atoms with Gasteiger partial charge < -0.3 is 14.6 Å². The minimum absolute atomic E-state index is 0.357. The molecule has 0 fully saturated rings. The molecule has 0 saturated heterocycles. The molecule has 1 aromatic carbocycles. The molecule has 0 radical (unpaired) electrons. The molecule has 0 unspecified atom stereocenters. The summed E-state index contributed by atoms with van der Waals surface area (Å²) in [7, 11) is 1.37. The molecule has 2 rings (SSSR count). The topological polar surface area (TPSA) is 77.2 Å². The Morgan fingerprint density at radius 1 is 1.33 bits per heavy atom. The highest BCUT2D eigenvalue weighted by Crippen LogP contribution is 2.13. The van der Waals surface area contributed by atoms with E-state index in [1.54, 1.807) is 6.08 Å². The van der Waals surface area contributed by atoms with E-state index in [9.17, 15) is 4.79 Å². The zero-order valence-electron chi connectivity index (χ0n) is 14.1. The number of methoxy groups -OCH3 is 1. The van der Waals surface area contributed by atoms with Gasteiger partial charge in [-0.15, -0.1) is 0 Å². The molecular formula is C18H23N3O3. The van der Waals surface area contributed by atoms with E-state index in [-0.39, 0.29) is 5.97 Å². The lowest BCUT2D eigenvalue weighted by molar-refractivity contribution is -0.134. The van der Waals surface area contributed by atoms with Crippen LogP contribution in [0.3, 0.4) is 0 Å². The van der Waals surface area contributed by atoms with Crippen LogP contribution in [0.5, 0.6) is 0 Å². The van der Waals surface area contributed by atoms with Crippen molar-refractivity contribution in [2.75, 3.05) is 19.0 Å². The standard InChI is InChI=1S/C18H23N3O3/c1-14-20-17(24-21-14)9-4-3-5-12-19-16-8-6-7-15(13-16)10-11-18(22)23-2/h6-8,10-11,13,19H,3-5,9,12H2,1-2H3/b11-10+. The average molecular weight is 329 g/mol. The van der Waals surface area contributed by atoms with Crippen molar-refractivity contribution in [1.29, 1.82) is 0 Å². The van der Waals surface area contributed by atoms with Crippen molar-refractivity contribution in [1.82, 2.24) is 10.1 Å². The Morgan fingerprint density at radius 2 is 2.21 bits per heavy atom. The van der Waals surface area contributed by atoms with E-state index >= 15 is 0 Å². The number of hydrogen-bond donors (Lipinski definition) is 1. The SMILES string of the molecule is COC(=O)/C=C/c1cccc(NCCCCCc2nc(C)no2)c1. The van der Waals surface area contributed by atoms with Gasteiger partial charge in [0.05, 0.1) is 7.11 Å². The summed E-state index contributed by atoms with van der Waals surface area (Å²) < 4.78 is 9.67. The molecule has 6 heteroatoms. The highest BCUT2D eigenvalue weighted by Gasteiger charge is 2.01. The molecule has 0 atom stereocenters. The van der Waals surface area contributed by atoms with Crippen LogP contribution in [0.15, 0.2) is 34.9 Å². The quantitative estimate of drug-likeness (QED) is 0.432. The fourth-order valence-electron chi connectivity index (χ4n) is 2.24. The van der Waals surface area contributed by atoms with Gasteiger partial charge in [0.25, 0.3) is 0 Å². The van der Waals surface area contributed by atoms with Crippen molar-refractivity contribution in [2.24, 2.45) is 0 Å². The van der Waals surface area contributed by atoms with Gasteiger partial charge in [-0.2, -0.15) is 4.98 Å². The number of carbonyl (C=O) groups excluding carboxylic acids is 1. The summed E-state index contributed by atoms with van der Waals surface area (Å²) in [6.45, 7) is 2.72. The van der Waals surface area contributed by atoms with Crippen molar-refractivity contribution in [3.8, 4) is 0 Å². The largest absolute Gasteiger partial charge is 0.466 e. The Labute approximate surface area is 141 Å². The number of aromatic nitrogens is 2. The average Bonchev–Trinajstić information content (AvgIpc) is 3.01. The second kappa shape index (κ2) is 9.50. The van der Waals surface area contributed by atoms with Crippen molar-refractivity contribution in [2.45, 2.75) is 32.6 Å². The zero-order valence-corrected chi connectivity index (χ0v) is 14.1. The minimum Gasteiger partial charge on any atom is -0.466 e. The highest BCUT2D eigenvalue weighted by molar-refractivity contribution is 5.87. The fraction of sp³-hybridized carbons (Fsp3) is 0.389. The summed E-state index contributed by atoms with van der Waals surface area (Å²) in [5, 5.41) is 7.17. The van der Waals surface area contributed by atoms with Crippen LogP contribution in [-0.2, 0) is 16.0 Å². The second-order valence-corrected chi connectivity index (χ2v) is 5.45. The van der Waals surface area contributed by atoms with Gasteiger partial charge in [0.2, 0.25) is 5.89 Å². The molecule has 0 aliphatic rings. The number of nitrogens with zero attached hydrogens (tertiary/aromatic N) is 2. The molecule has 1 N–H and O–H groups in total. The number of nitrogens with one attached hydrogen (secondary N) is 1. The number of esters is 1. The van der Waals surface area contributed by atoms with Crippen LogP contribution in [0.25, 0.3) is 6.08 Å². The highest BCUT2D eigenvalue weighted by atomic mass is 16.5. The molecule has 2 aromatic rings. The van der Waals surface area contributed by atoms with Gasteiger partial charge in [0.15, 0.2) is 5.82 Å². The smallest absolute Gasteiger partial charge is 0.330 e. The Bertz CT molecular complexity index is 680. The van der Waals surface area contributed by atoms with Crippen molar-refractivity contribution >= 4 is 17.7 Å². The van der Waals surface area contributed by atoms with Gasteiger partial charge >= 0.3 is 5.97 Å². The van der Waals surface area contributed by atoms with Crippen LogP contribution in [-0.4, -0.2) is 29.8 Å². The van der Waals surface area contributed by atoms with Gasteiger partial charge in [-0.3, -0.25) is 0 Å². The molecular weight excluding hydrogens is 306 g/mol. The molecule has 0 bridgehead atoms. The molecule has 1 aromatic heterocycles. The van der Waals surface area contributed by atoms with Crippen LogP contribution < -0.4 is 5.32 Å². The Kier molecular flexibility index (Phi) is 7.01. The number of hydrogen-bond acceptors (Lipinski definition) is 6. The van der Waals surface area contributed by atoms with E-state index < -0.39 is 0 Å². The number of benzene rings is 1. The summed E-state index contributed by atoms with van der Waals surface area (Å²) in [5.41, 5.74) is 1.99. The Hall–Kier alpha value is -2.63. The van der Waals surface area contributed by atoms with E-state index in [4.69, 9.17) is 4.52 Å². The van der Waals surface area contributed by atoms with E-state index in [1.165, 1.54) is 13.2 Å². The molecule has 128 valence electrons. The summed E-state index contributed by atoms with van der Waals surface area (Å²) in [6, 6.07) is 7.91.